The molecule has 1 aromatic carbocycles. The highest BCUT2D eigenvalue weighted by Gasteiger charge is 2.15. The van der Waals surface area contributed by atoms with E-state index in [0.29, 0.717) is 11.6 Å². The van der Waals surface area contributed by atoms with Crippen molar-refractivity contribution in [2.45, 2.75) is 37.0 Å². The molecule has 1 aliphatic rings. The summed E-state index contributed by atoms with van der Waals surface area (Å²) in [6.45, 7) is 0.413. The standard InChI is InChI=1S/C14H19ClN2O2S/c15-13-7-6-12(10-14(13)16)20(18,19)17-9-8-11-4-2-1-3-5-11/h4,6-7,10,17H,1-3,5,8-9,16H2. The third kappa shape index (κ3) is 3.98. The second kappa shape index (κ2) is 6.61. The molecule has 6 heteroatoms. The highest BCUT2D eigenvalue weighted by molar-refractivity contribution is 7.89. The van der Waals surface area contributed by atoms with E-state index in [2.05, 4.69) is 10.8 Å². The van der Waals surface area contributed by atoms with Crippen LogP contribution in [0.4, 0.5) is 5.69 Å². The Bertz CT molecular complexity index is 612. The molecule has 0 spiro atoms. The summed E-state index contributed by atoms with van der Waals surface area (Å²) in [5.74, 6) is 0. The van der Waals surface area contributed by atoms with Crippen LogP contribution in [0.3, 0.4) is 0 Å². The van der Waals surface area contributed by atoms with Crippen molar-refractivity contribution in [1.82, 2.24) is 4.72 Å². The number of allylic oxidation sites excluding steroid dienone is 1. The number of nitrogens with two attached hydrogens (primary N) is 1. The number of nitrogen functional groups attached to an aromatic ring is 1. The fourth-order valence-electron chi connectivity index (χ4n) is 2.25. The summed E-state index contributed by atoms with van der Waals surface area (Å²) in [6.07, 6.45) is 7.61. The van der Waals surface area contributed by atoms with E-state index < -0.39 is 10.0 Å². The second-order valence-electron chi connectivity index (χ2n) is 4.94. The van der Waals surface area contributed by atoms with E-state index in [9.17, 15) is 8.42 Å². The molecule has 2 rings (SSSR count). The Hall–Kier alpha value is -1.04. The molecule has 4 nitrogen and oxygen atoms in total. The third-order valence-electron chi connectivity index (χ3n) is 3.40. The van der Waals surface area contributed by atoms with Crippen LogP contribution in [0.5, 0.6) is 0 Å². The van der Waals surface area contributed by atoms with Gasteiger partial charge in [-0.05, 0) is 50.3 Å². The highest BCUT2D eigenvalue weighted by atomic mass is 35.5. The van der Waals surface area contributed by atoms with Crippen LogP contribution in [-0.2, 0) is 10.0 Å². The molecule has 0 bridgehead atoms. The van der Waals surface area contributed by atoms with Gasteiger partial charge in [0.1, 0.15) is 0 Å². The predicted molar refractivity (Wildman–Crippen MR) is 82.2 cm³/mol. The molecule has 0 saturated carbocycles. The molecule has 0 atom stereocenters. The number of rotatable bonds is 5. The molecular weight excluding hydrogens is 296 g/mol. The lowest BCUT2D eigenvalue weighted by Crippen LogP contribution is -2.25. The van der Waals surface area contributed by atoms with E-state index in [-0.39, 0.29) is 10.6 Å². The van der Waals surface area contributed by atoms with Crippen molar-refractivity contribution in [2.75, 3.05) is 12.3 Å². The van der Waals surface area contributed by atoms with Crippen molar-refractivity contribution in [1.29, 1.82) is 0 Å². The lowest BCUT2D eigenvalue weighted by Gasteiger charge is -2.13. The molecule has 0 heterocycles. The van der Waals surface area contributed by atoms with E-state index >= 15 is 0 Å². The van der Waals surface area contributed by atoms with Crippen molar-refractivity contribution in [3.05, 3.63) is 34.9 Å². The summed E-state index contributed by atoms with van der Waals surface area (Å²) in [5.41, 5.74) is 7.24. The van der Waals surface area contributed by atoms with Gasteiger partial charge >= 0.3 is 0 Å². The van der Waals surface area contributed by atoms with Crippen molar-refractivity contribution in [3.8, 4) is 0 Å². The third-order valence-corrected chi connectivity index (χ3v) is 5.20. The van der Waals surface area contributed by atoms with Gasteiger partial charge in [0.25, 0.3) is 0 Å². The van der Waals surface area contributed by atoms with Crippen LogP contribution in [-0.4, -0.2) is 15.0 Å². The lowest BCUT2D eigenvalue weighted by molar-refractivity contribution is 0.579. The maximum absolute atomic E-state index is 12.1. The first-order valence-corrected chi connectivity index (χ1v) is 8.58. The van der Waals surface area contributed by atoms with Crippen LogP contribution >= 0.6 is 11.6 Å². The minimum atomic E-state index is -3.52. The molecule has 3 N–H and O–H groups in total. The Kier molecular flexibility index (Phi) is 5.07. The van der Waals surface area contributed by atoms with Crippen LogP contribution in [0.2, 0.25) is 5.02 Å². The van der Waals surface area contributed by atoms with Gasteiger partial charge in [-0.2, -0.15) is 0 Å². The average molecular weight is 315 g/mol. The van der Waals surface area contributed by atoms with E-state index in [1.54, 1.807) is 0 Å². The fraction of sp³-hybridized carbons (Fsp3) is 0.429. The Balaban J connectivity index is 1.96. The number of nitrogens with one attached hydrogen (secondary N) is 1. The molecule has 0 aliphatic heterocycles. The topological polar surface area (TPSA) is 72.2 Å². The molecule has 20 heavy (non-hydrogen) atoms. The number of hydrogen-bond acceptors (Lipinski definition) is 3. The van der Waals surface area contributed by atoms with Crippen LogP contribution in [0, 0.1) is 0 Å². The summed E-state index contributed by atoms with van der Waals surface area (Å²) in [5, 5.41) is 0.358. The Morgan fingerprint density at radius 1 is 1.30 bits per heavy atom. The normalized spacial score (nSPS) is 15.9. The van der Waals surface area contributed by atoms with Gasteiger partial charge in [0.15, 0.2) is 0 Å². The predicted octanol–water partition coefficient (Wildman–Crippen LogP) is 3.09. The zero-order chi connectivity index (χ0) is 14.6. The Labute approximate surface area is 125 Å². The van der Waals surface area contributed by atoms with Crippen LogP contribution < -0.4 is 10.5 Å². The van der Waals surface area contributed by atoms with Crippen LogP contribution in [0.25, 0.3) is 0 Å². The van der Waals surface area contributed by atoms with Gasteiger partial charge in [0, 0.05) is 6.54 Å². The first-order chi connectivity index (χ1) is 9.49. The van der Waals surface area contributed by atoms with Gasteiger partial charge in [-0.15, -0.1) is 0 Å². The zero-order valence-electron chi connectivity index (χ0n) is 11.2. The van der Waals surface area contributed by atoms with Crippen LogP contribution in [0.1, 0.15) is 32.1 Å². The van der Waals surface area contributed by atoms with Crippen molar-refractivity contribution in [3.63, 3.8) is 0 Å². The minimum Gasteiger partial charge on any atom is -0.397 e. The number of hydrogen-bond donors (Lipinski definition) is 2. The van der Waals surface area contributed by atoms with Gasteiger partial charge in [-0.1, -0.05) is 23.3 Å². The number of benzene rings is 1. The molecule has 0 radical (unpaired) electrons. The number of anilines is 1. The Morgan fingerprint density at radius 3 is 2.75 bits per heavy atom. The Morgan fingerprint density at radius 2 is 2.10 bits per heavy atom. The minimum absolute atomic E-state index is 0.150. The highest BCUT2D eigenvalue weighted by Crippen LogP contribution is 2.23. The van der Waals surface area contributed by atoms with Crippen molar-refractivity contribution < 1.29 is 8.42 Å². The molecule has 110 valence electrons. The average Bonchev–Trinajstić information content (AvgIpc) is 2.43. The molecule has 1 aliphatic carbocycles. The quantitative estimate of drug-likeness (QED) is 0.648. The smallest absolute Gasteiger partial charge is 0.240 e. The molecule has 0 aromatic heterocycles. The summed E-state index contributed by atoms with van der Waals surface area (Å²) < 4.78 is 26.8. The first-order valence-electron chi connectivity index (χ1n) is 6.71. The molecule has 0 unspecified atom stereocenters. The second-order valence-corrected chi connectivity index (χ2v) is 7.11. The summed E-state index contributed by atoms with van der Waals surface area (Å²) in [7, 11) is -3.52. The van der Waals surface area contributed by atoms with E-state index in [0.717, 1.165) is 19.3 Å². The number of sulfonamides is 1. The molecule has 0 amide bonds. The molecular formula is C14H19ClN2O2S. The van der Waals surface area contributed by atoms with E-state index in [4.69, 9.17) is 17.3 Å². The summed E-state index contributed by atoms with van der Waals surface area (Å²) in [4.78, 5) is 0.150. The zero-order valence-corrected chi connectivity index (χ0v) is 12.8. The van der Waals surface area contributed by atoms with Gasteiger partial charge in [0.05, 0.1) is 15.6 Å². The molecule has 1 aromatic rings. The number of halogens is 1. The summed E-state index contributed by atoms with van der Waals surface area (Å²) in [6, 6.07) is 4.33. The lowest BCUT2D eigenvalue weighted by atomic mass is 9.97. The monoisotopic (exact) mass is 314 g/mol. The van der Waals surface area contributed by atoms with Gasteiger partial charge in [-0.3, -0.25) is 0 Å². The van der Waals surface area contributed by atoms with Crippen LogP contribution in [0.15, 0.2) is 34.7 Å². The molecule has 0 saturated heterocycles. The maximum atomic E-state index is 12.1. The largest absolute Gasteiger partial charge is 0.397 e. The maximum Gasteiger partial charge on any atom is 0.240 e. The SMILES string of the molecule is Nc1cc(S(=O)(=O)NCCC2=CCCCC2)ccc1Cl. The molecule has 0 fully saturated rings. The van der Waals surface area contributed by atoms with Crippen molar-refractivity contribution >= 4 is 27.3 Å². The van der Waals surface area contributed by atoms with Gasteiger partial charge in [0.2, 0.25) is 10.0 Å². The fourth-order valence-corrected chi connectivity index (χ4v) is 3.43. The van der Waals surface area contributed by atoms with Gasteiger partial charge in [-0.25, -0.2) is 13.1 Å². The summed E-state index contributed by atoms with van der Waals surface area (Å²) >= 11 is 5.79. The van der Waals surface area contributed by atoms with E-state index in [1.807, 2.05) is 0 Å². The van der Waals surface area contributed by atoms with Gasteiger partial charge < -0.3 is 5.73 Å². The van der Waals surface area contributed by atoms with E-state index in [1.165, 1.54) is 36.6 Å². The van der Waals surface area contributed by atoms with Crippen molar-refractivity contribution in [2.24, 2.45) is 0 Å². The first kappa shape index (κ1) is 15.4.